The molecule has 0 amide bonds. The SMILES string of the molecule is CN(CC(C)(C)C)C1CCc2cc(N)ccc21. The number of hydrogen-bond donors (Lipinski definition) is 1. The molecule has 0 aromatic heterocycles. The van der Waals surface area contributed by atoms with E-state index < -0.39 is 0 Å². The van der Waals surface area contributed by atoms with Crippen molar-refractivity contribution in [2.45, 2.75) is 39.7 Å². The van der Waals surface area contributed by atoms with Crippen molar-refractivity contribution >= 4 is 5.69 Å². The summed E-state index contributed by atoms with van der Waals surface area (Å²) in [6, 6.07) is 6.95. The fourth-order valence-electron chi connectivity index (χ4n) is 2.93. The van der Waals surface area contributed by atoms with Crippen molar-refractivity contribution in [3.05, 3.63) is 29.3 Å². The van der Waals surface area contributed by atoms with Gasteiger partial charge < -0.3 is 5.73 Å². The fraction of sp³-hybridized carbons (Fsp3) is 0.600. The Kier molecular flexibility index (Phi) is 3.17. The van der Waals surface area contributed by atoms with Crippen LogP contribution < -0.4 is 5.73 Å². The van der Waals surface area contributed by atoms with Gasteiger partial charge in [0.2, 0.25) is 0 Å². The minimum atomic E-state index is 0.352. The van der Waals surface area contributed by atoms with Crippen LogP contribution in [0.3, 0.4) is 0 Å². The Bertz CT molecular complexity index is 404. The highest BCUT2D eigenvalue weighted by atomic mass is 15.1. The van der Waals surface area contributed by atoms with E-state index in [1.165, 1.54) is 24.0 Å². The van der Waals surface area contributed by atoms with Gasteiger partial charge in [0.15, 0.2) is 0 Å². The van der Waals surface area contributed by atoms with E-state index in [1.807, 2.05) is 6.07 Å². The molecule has 2 heteroatoms. The zero-order chi connectivity index (χ0) is 12.6. The number of anilines is 1. The third-order valence-electron chi connectivity index (χ3n) is 3.47. The Morgan fingerprint density at radius 1 is 1.35 bits per heavy atom. The first kappa shape index (κ1) is 12.4. The van der Waals surface area contributed by atoms with Crippen molar-refractivity contribution < 1.29 is 0 Å². The molecule has 0 fully saturated rings. The van der Waals surface area contributed by atoms with Gasteiger partial charge in [-0.3, -0.25) is 4.90 Å². The number of hydrogen-bond acceptors (Lipinski definition) is 2. The van der Waals surface area contributed by atoms with E-state index in [0.29, 0.717) is 11.5 Å². The maximum Gasteiger partial charge on any atom is 0.0351 e. The van der Waals surface area contributed by atoms with E-state index in [4.69, 9.17) is 5.73 Å². The predicted octanol–water partition coefficient (Wildman–Crippen LogP) is 3.23. The van der Waals surface area contributed by atoms with Crippen molar-refractivity contribution in [3.63, 3.8) is 0 Å². The van der Waals surface area contributed by atoms with Gasteiger partial charge in [-0.05, 0) is 48.6 Å². The lowest BCUT2D eigenvalue weighted by Crippen LogP contribution is -2.31. The van der Waals surface area contributed by atoms with Crippen molar-refractivity contribution in [1.29, 1.82) is 0 Å². The summed E-state index contributed by atoms with van der Waals surface area (Å²) in [4.78, 5) is 2.49. The minimum absolute atomic E-state index is 0.352. The van der Waals surface area contributed by atoms with E-state index in [1.54, 1.807) is 0 Å². The second kappa shape index (κ2) is 4.34. The zero-order valence-corrected chi connectivity index (χ0v) is 11.5. The first-order chi connectivity index (χ1) is 7.87. The Morgan fingerprint density at radius 3 is 2.71 bits per heavy atom. The molecule has 0 spiro atoms. The quantitative estimate of drug-likeness (QED) is 0.793. The van der Waals surface area contributed by atoms with Crippen LogP contribution in [0, 0.1) is 5.41 Å². The van der Waals surface area contributed by atoms with Crippen molar-refractivity contribution in [2.24, 2.45) is 5.41 Å². The predicted molar refractivity (Wildman–Crippen MR) is 74.0 cm³/mol. The molecule has 1 aliphatic rings. The number of benzene rings is 1. The molecule has 2 rings (SSSR count). The maximum atomic E-state index is 5.84. The largest absolute Gasteiger partial charge is 0.399 e. The molecule has 0 bridgehead atoms. The Labute approximate surface area is 105 Å². The maximum absolute atomic E-state index is 5.84. The molecule has 1 atom stereocenters. The lowest BCUT2D eigenvalue weighted by molar-refractivity contribution is 0.172. The third kappa shape index (κ3) is 2.81. The van der Waals surface area contributed by atoms with E-state index in [9.17, 15) is 0 Å². The minimum Gasteiger partial charge on any atom is -0.399 e. The molecule has 0 radical (unpaired) electrons. The molecule has 1 aromatic carbocycles. The summed E-state index contributed by atoms with van der Waals surface area (Å²) < 4.78 is 0. The average molecular weight is 232 g/mol. The normalized spacial score (nSPS) is 19.7. The van der Waals surface area contributed by atoms with Crippen LogP contribution in [0.4, 0.5) is 5.69 Å². The molecule has 1 aromatic rings. The van der Waals surface area contributed by atoms with Crippen LogP contribution in [0.25, 0.3) is 0 Å². The van der Waals surface area contributed by atoms with Crippen LogP contribution >= 0.6 is 0 Å². The topological polar surface area (TPSA) is 29.3 Å². The van der Waals surface area contributed by atoms with Crippen LogP contribution in [0.15, 0.2) is 18.2 Å². The van der Waals surface area contributed by atoms with Gasteiger partial charge in [0.25, 0.3) is 0 Å². The summed E-state index contributed by atoms with van der Waals surface area (Å²) in [6.07, 6.45) is 2.39. The third-order valence-corrected chi connectivity index (χ3v) is 3.47. The molecule has 0 aliphatic heterocycles. The number of rotatable bonds is 2. The number of nitrogen functional groups attached to an aromatic ring is 1. The molecular formula is C15H24N2. The van der Waals surface area contributed by atoms with E-state index in [-0.39, 0.29) is 0 Å². The Morgan fingerprint density at radius 2 is 2.06 bits per heavy atom. The summed E-state index contributed by atoms with van der Waals surface area (Å²) in [5, 5.41) is 0. The summed E-state index contributed by atoms with van der Waals surface area (Å²) >= 11 is 0. The van der Waals surface area contributed by atoms with E-state index in [2.05, 4.69) is 44.9 Å². The van der Waals surface area contributed by atoms with Crippen LogP contribution in [0.5, 0.6) is 0 Å². The molecule has 94 valence electrons. The first-order valence-electron chi connectivity index (χ1n) is 6.45. The van der Waals surface area contributed by atoms with Crippen molar-refractivity contribution in [1.82, 2.24) is 4.90 Å². The fourth-order valence-corrected chi connectivity index (χ4v) is 2.93. The molecule has 2 N–H and O–H groups in total. The van der Waals surface area contributed by atoms with E-state index >= 15 is 0 Å². The molecule has 0 heterocycles. The van der Waals surface area contributed by atoms with Crippen LogP contribution in [0.2, 0.25) is 0 Å². The van der Waals surface area contributed by atoms with Gasteiger partial charge in [-0.15, -0.1) is 0 Å². The molecular weight excluding hydrogens is 208 g/mol. The van der Waals surface area contributed by atoms with Gasteiger partial charge >= 0.3 is 0 Å². The highest BCUT2D eigenvalue weighted by Crippen LogP contribution is 2.37. The smallest absolute Gasteiger partial charge is 0.0351 e. The Balaban J connectivity index is 2.16. The number of aryl methyl sites for hydroxylation is 1. The van der Waals surface area contributed by atoms with Crippen molar-refractivity contribution in [2.75, 3.05) is 19.3 Å². The van der Waals surface area contributed by atoms with Gasteiger partial charge in [-0.1, -0.05) is 26.8 Å². The van der Waals surface area contributed by atoms with Crippen LogP contribution in [-0.2, 0) is 6.42 Å². The lowest BCUT2D eigenvalue weighted by atomic mass is 9.95. The highest BCUT2D eigenvalue weighted by molar-refractivity contribution is 5.47. The summed E-state index contributed by atoms with van der Waals surface area (Å²) in [6.45, 7) is 8.01. The van der Waals surface area contributed by atoms with Gasteiger partial charge in [-0.2, -0.15) is 0 Å². The second-order valence-corrected chi connectivity index (χ2v) is 6.49. The summed E-state index contributed by atoms with van der Waals surface area (Å²) in [5.41, 5.74) is 10.0. The molecule has 17 heavy (non-hydrogen) atoms. The summed E-state index contributed by atoms with van der Waals surface area (Å²) in [5.74, 6) is 0. The second-order valence-electron chi connectivity index (χ2n) is 6.49. The van der Waals surface area contributed by atoms with Gasteiger partial charge in [0.1, 0.15) is 0 Å². The number of fused-ring (bicyclic) bond motifs is 1. The monoisotopic (exact) mass is 232 g/mol. The lowest BCUT2D eigenvalue weighted by Gasteiger charge is -2.31. The Hall–Kier alpha value is -1.02. The van der Waals surface area contributed by atoms with Gasteiger partial charge in [0, 0.05) is 18.3 Å². The average Bonchev–Trinajstić information content (AvgIpc) is 2.57. The van der Waals surface area contributed by atoms with Crippen LogP contribution in [0.1, 0.15) is 44.4 Å². The molecule has 1 unspecified atom stereocenters. The molecule has 0 saturated carbocycles. The summed E-state index contributed by atoms with van der Waals surface area (Å²) in [7, 11) is 2.24. The van der Waals surface area contributed by atoms with E-state index in [0.717, 1.165) is 12.2 Å². The highest BCUT2D eigenvalue weighted by Gasteiger charge is 2.27. The molecule has 1 aliphatic carbocycles. The number of nitrogens with zero attached hydrogens (tertiary/aromatic N) is 1. The van der Waals surface area contributed by atoms with Crippen molar-refractivity contribution in [3.8, 4) is 0 Å². The van der Waals surface area contributed by atoms with Gasteiger partial charge in [0.05, 0.1) is 0 Å². The zero-order valence-electron chi connectivity index (χ0n) is 11.5. The van der Waals surface area contributed by atoms with Gasteiger partial charge in [-0.25, -0.2) is 0 Å². The first-order valence-corrected chi connectivity index (χ1v) is 6.45. The molecule has 0 saturated heterocycles. The number of nitrogens with two attached hydrogens (primary N) is 1. The standard InChI is InChI=1S/C15H24N2/c1-15(2,3)10-17(4)14-8-5-11-9-12(16)6-7-13(11)14/h6-7,9,14H,5,8,10,16H2,1-4H3. The van der Waals surface area contributed by atoms with Crippen LogP contribution in [-0.4, -0.2) is 18.5 Å². The molecule has 2 nitrogen and oxygen atoms in total.